The molecule has 2 aliphatic carbocycles. The molecule has 0 saturated heterocycles. The van der Waals surface area contributed by atoms with Crippen molar-refractivity contribution in [3.8, 4) is 6.07 Å². The van der Waals surface area contributed by atoms with Gasteiger partial charge in [-0.05, 0) is 75.0 Å². The summed E-state index contributed by atoms with van der Waals surface area (Å²) < 4.78 is 0. The van der Waals surface area contributed by atoms with Gasteiger partial charge in [0.2, 0.25) is 0 Å². The largest absolute Gasteiger partial charge is 0.386 e. The molecule has 0 heterocycles. The van der Waals surface area contributed by atoms with E-state index in [-0.39, 0.29) is 12.0 Å². The summed E-state index contributed by atoms with van der Waals surface area (Å²) in [6.07, 6.45) is 7.32. The Balaban J connectivity index is 2.32. The molecule has 6 heteroatoms. The Hall–Kier alpha value is -1.97. The molecule has 2 fully saturated rings. The molecule has 2 aliphatic rings. The average Bonchev–Trinajstić information content (AvgIpc) is 2.81. The molecule has 0 aliphatic heterocycles. The van der Waals surface area contributed by atoms with Crippen LogP contribution in [-0.2, 0) is 0 Å². The van der Waals surface area contributed by atoms with Crippen molar-refractivity contribution in [3.63, 3.8) is 0 Å². The van der Waals surface area contributed by atoms with Crippen LogP contribution in [0, 0.1) is 52.8 Å². The van der Waals surface area contributed by atoms with Gasteiger partial charge in [-0.15, -0.1) is 0 Å². The van der Waals surface area contributed by atoms with E-state index in [1.165, 1.54) is 19.3 Å². The van der Waals surface area contributed by atoms with Gasteiger partial charge in [0.15, 0.2) is 0 Å². The third-order valence-corrected chi connectivity index (χ3v) is 8.98. The Bertz CT molecular complexity index is 770. The summed E-state index contributed by atoms with van der Waals surface area (Å²) in [5, 5.41) is 13.1. The predicted molar refractivity (Wildman–Crippen MR) is 147 cm³/mol. The summed E-state index contributed by atoms with van der Waals surface area (Å²) >= 11 is 0. The second kappa shape index (κ2) is 13.4. The van der Waals surface area contributed by atoms with Crippen LogP contribution in [0.5, 0.6) is 0 Å². The molecule has 198 valence electrons. The fourth-order valence-corrected chi connectivity index (χ4v) is 7.17. The van der Waals surface area contributed by atoms with E-state index in [1.807, 2.05) is 6.92 Å². The maximum atomic E-state index is 9.43. The molecule has 6 N–H and O–H groups in total. The van der Waals surface area contributed by atoms with Gasteiger partial charge >= 0.3 is 0 Å². The second-order valence-corrected chi connectivity index (χ2v) is 11.5. The van der Waals surface area contributed by atoms with Crippen LogP contribution in [0.4, 0.5) is 0 Å². The highest BCUT2D eigenvalue weighted by molar-refractivity contribution is 5.12. The van der Waals surface area contributed by atoms with Crippen molar-refractivity contribution in [2.24, 2.45) is 53.0 Å². The summed E-state index contributed by atoms with van der Waals surface area (Å²) in [5.41, 5.74) is 11.8. The normalized spacial score (nSPS) is 35.0. The number of hydrogen-bond donors (Lipinski definition) is 4. The van der Waals surface area contributed by atoms with Gasteiger partial charge in [0.25, 0.3) is 0 Å². The first-order valence-electron chi connectivity index (χ1n) is 13.8. The lowest BCUT2D eigenvalue weighted by Crippen LogP contribution is -2.56. The van der Waals surface area contributed by atoms with Gasteiger partial charge in [-0.1, -0.05) is 53.3 Å². The summed E-state index contributed by atoms with van der Waals surface area (Å²) in [5.74, 6) is 9.67. The number of rotatable bonds is 12. The standard InChI is InChI=1S/C29H52N6/c1-9-11-23-14-19(5)25(16-26(23)21(7)35(10-2)22(8)34-32)17-27-28(31)24(12-13-30)15-20(6)29(27)33-18(3)4/h19-20,23-29,33-34H,3,7-12,14-17,31-32H2,1-2,4-6H3. The molecule has 9 unspecified atom stereocenters. The van der Waals surface area contributed by atoms with Crippen LogP contribution >= 0.6 is 0 Å². The highest BCUT2D eigenvalue weighted by atomic mass is 15.4. The monoisotopic (exact) mass is 484 g/mol. The van der Waals surface area contributed by atoms with Crippen LogP contribution < -0.4 is 22.3 Å². The third-order valence-electron chi connectivity index (χ3n) is 8.98. The van der Waals surface area contributed by atoms with Crippen molar-refractivity contribution in [2.45, 2.75) is 91.6 Å². The van der Waals surface area contributed by atoms with Crippen molar-refractivity contribution in [2.75, 3.05) is 6.54 Å². The summed E-state index contributed by atoms with van der Waals surface area (Å²) in [6, 6.07) is 2.72. The smallest absolute Gasteiger partial charge is 0.112 e. The van der Waals surface area contributed by atoms with E-state index in [0.29, 0.717) is 53.8 Å². The maximum absolute atomic E-state index is 9.43. The van der Waals surface area contributed by atoms with E-state index in [2.05, 4.69) is 69.1 Å². The molecule has 0 bridgehead atoms. The molecule has 0 aromatic heterocycles. The molecule has 0 aromatic rings. The molecular formula is C29H52N6. The van der Waals surface area contributed by atoms with Gasteiger partial charge in [-0.25, -0.2) is 5.84 Å². The Labute approximate surface area is 215 Å². The minimum Gasteiger partial charge on any atom is -0.386 e. The van der Waals surface area contributed by atoms with Crippen LogP contribution in [0.2, 0.25) is 0 Å². The molecule has 0 aromatic carbocycles. The lowest BCUT2D eigenvalue weighted by molar-refractivity contribution is 0.0566. The summed E-state index contributed by atoms with van der Waals surface area (Å²) in [7, 11) is 0. The Kier molecular flexibility index (Phi) is 11.2. The van der Waals surface area contributed by atoms with E-state index >= 15 is 0 Å². The van der Waals surface area contributed by atoms with Crippen LogP contribution in [0.3, 0.4) is 0 Å². The number of hydrogen-bond acceptors (Lipinski definition) is 6. The minimum atomic E-state index is 0.0262. The van der Waals surface area contributed by atoms with Gasteiger partial charge in [0.1, 0.15) is 5.82 Å². The molecule has 2 rings (SSSR count). The Morgan fingerprint density at radius 2 is 1.71 bits per heavy atom. The molecule has 2 saturated carbocycles. The van der Waals surface area contributed by atoms with Crippen LogP contribution in [0.25, 0.3) is 0 Å². The van der Waals surface area contributed by atoms with Crippen LogP contribution in [-0.4, -0.2) is 23.5 Å². The van der Waals surface area contributed by atoms with Crippen molar-refractivity contribution in [1.29, 1.82) is 5.26 Å². The predicted octanol–water partition coefficient (Wildman–Crippen LogP) is 5.23. The van der Waals surface area contributed by atoms with Crippen LogP contribution in [0.1, 0.15) is 79.6 Å². The first-order chi connectivity index (χ1) is 16.6. The second-order valence-electron chi connectivity index (χ2n) is 11.5. The van der Waals surface area contributed by atoms with Gasteiger partial charge in [-0.3, -0.25) is 0 Å². The number of nitrogens with two attached hydrogens (primary N) is 2. The Morgan fingerprint density at radius 3 is 2.26 bits per heavy atom. The SMILES string of the molecule is C=C(C)NC1C(C)CC(CC#N)C(N)C1CC1CC(C(=C)N(CC)C(=C)NN)C(CCC)CC1C. The van der Waals surface area contributed by atoms with Crippen LogP contribution in [0.15, 0.2) is 37.0 Å². The fraction of sp³-hybridized carbons (Fsp3) is 0.759. The highest BCUT2D eigenvalue weighted by Gasteiger charge is 2.45. The van der Waals surface area contributed by atoms with Crippen molar-refractivity contribution in [1.82, 2.24) is 15.6 Å². The number of nitrogens with one attached hydrogen (secondary N) is 2. The molecule has 6 nitrogen and oxygen atoms in total. The van der Waals surface area contributed by atoms with E-state index in [1.54, 1.807) is 0 Å². The maximum Gasteiger partial charge on any atom is 0.112 e. The first-order valence-corrected chi connectivity index (χ1v) is 13.8. The Morgan fingerprint density at radius 1 is 1.06 bits per heavy atom. The quantitative estimate of drug-likeness (QED) is 0.223. The molecular weight excluding hydrogens is 432 g/mol. The molecule has 35 heavy (non-hydrogen) atoms. The van der Waals surface area contributed by atoms with Gasteiger partial charge in [-0.2, -0.15) is 5.26 Å². The fourth-order valence-electron chi connectivity index (χ4n) is 7.17. The third kappa shape index (κ3) is 7.05. The summed E-state index contributed by atoms with van der Waals surface area (Å²) in [4.78, 5) is 2.14. The number of allylic oxidation sites excluding steroid dienone is 2. The number of nitriles is 1. The van der Waals surface area contributed by atoms with E-state index < -0.39 is 0 Å². The zero-order valence-corrected chi connectivity index (χ0v) is 23.0. The first kappa shape index (κ1) is 29.3. The molecule has 0 radical (unpaired) electrons. The lowest BCUT2D eigenvalue weighted by Gasteiger charge is -2.49. The average molecular weight is 485 g/mol. The topological polar surface area (TPSA) is 103 Å². The highest BCUT2D eigenvalue weighted by Crippen LogP contribution is 2.48. The zero-order chi connectivity index (χ0) is 26.3. The molecule has 0 spiro atoms. The summed E-state index contributed by atoms with van der Waals surface area (Å²) in [6.45, 7) is 24.8. The number of hydrazine groups is 1. The van der Waals surface area contributed by atoms with E-state index in [9.17, 15) is 5.26 Å². The zero-order valence-electron chi connectivity index (χ0n) is 23.0. The minimum absolute atomic E-state index is 0.0262. The van der Waals surface area contributed by atoms with Gasteiger partial charge in [0.05, 0.1) is 6.07 Å². The number of nitrogens with zero attached hydrogens (tertiary/aromatic N) is 2. The molecule has 0 amide bonds. The van der Waals surface area contributed by atoms with E-state index in [0.717, 1.165) is 37.2 Å². The van der Waals surface area contributed by atoms with Crippen molar-refractivity contribution >= 4 is 0 Å². The van der Waals surface area contributed by atoms with Gasteiger partial charge in [0, 0.05) is 42.4 Å². The van der Waals surface area contributed by atoms with E-state index in [4.69, 9.17) is 11.6 Å². The van der Waals surface area contributed by atoms with Gasteiger partial charge < -0.3 is 21.4 Å². The lowest BCUT2D eigenvalue weighted by atomic mass is 9.60. The molecule has 9 atom stereocenters. The van der Waals surface area contributed by atoms with Crippen molar-refractivity contribution in [3.05, 3.63) is 37.0 Å². The van der Waals surface area contributed by atoms with Crippen molar-refractivity contribution < 1.29 is 0 Å².